The van der Waals surface area contributed by atoms with E-state index in [-0.39, 0.29) is 30.4 Å². The van der Waals surface area contributed by atoms with Crippen LogP contribution in [0.25, 0.3) is 0 Å². The number of hydrogen-bond acceptors (Lipinski definition) is 5. The molecule has 0 spiro atoms. The summed E-state index contributed by atoms with van der Waals surface area (Å²) >= 11 is 0. The number of rotatable bonds is 5. The van der Waals surface area contributed by atoms with Crippen LogP contribution in [0.3, 0.4) is 0 Å². The molecule has 2 heterocycles. The van der Waals surface area contributed by atoms with Crippen LogP contribution in [-0.4, -0.2) is 73.7 Å². The van der Waals surface area contributed by atoms with Crippen molar-refractivity contribution >= 4 is 33.6 Å². The highest BCUT2D eigenvalue weighted by molar-refractivity contribution is 7.89. The number of piperidine rings is 1. The number of anilines is 1. The van der Waals surface area contributed by atoms with Gasteiger partial charge in [0.25, 0.3) is 0 Å². The Morgan fingerprint density at radius 2 is 1.74 bits per heavy atom. The minimum atomic E-state index is -4.19. The van der Waals surface area contributed by atoms with Crippen LogP contribution in [0.15, 0.2) is 59.5 Å². The van der Waals surface area contributed by atoms with E-state index in [1.54, 1.807) is 30.3 Å². The predicted octanol–water partition coefficient (Wildman–Crippen LogP) is 1.13. The van der Waals surface area contributed by atoms with Gasteiger partial charge in [0.2, 0.25) is 21.8 Å². The molecule has 35 heavy (non-hydrogen) atoms. The van der Waals surface area contributed by atoms with E-state index in [4.69, 9.17) is 0 Å². The van der Waals surface area contributed by atoms with Crippen molar-refractivity contribution in [2.45, 2.75) is 29.8 Å². The van der Waals surface area contributed by atoms with Crippen LogP contribution in [0.5, 0.6) is 0 Å². The summed E-state index contributed by atoms with van der Waals surface area (Å²) in [5.41, 5.74) is 0.554. The van der Waals surface area contributed by atoms with Gasteiger partial charge in [-0.1, -0.05) is 18.2 Å². The van der Waals surface area contributed by atoms with Gasteiger partial charge in [0, 0.05) is 31.9 Å². The van der Waals surface area contributed by atoms with E-state index in [9.17, 15) is 27.2 Å². The van der Waals surface area contributed by atoms with Gasteiger partial charge in [-0.2, -0.15) is 4.31 Å². The fourth-order valence-electron chi connectivity index (χ4n) is 4.10. The van der Waals surface area contributed by atoms with Crippen LogP contribution in [-0.2, 0) is 19.6 Å². The monoisotopic (exact) mass is 503 g/mol. The molecule has 186 valence electrons. The van der Waals surface area contributed by atoms with Crippen LogP contribution < -0.4 is 16.0 Å². The van der Waals surface area contributed by atoms with E-state index in [0.717, 1.165) is 28.6 Å². The molecular weight excluding hydrogens is 477 g/mol. The van der Waals surface area contributed by atoms with Gasteiger partial charge in [-0.3, -0.25) is 9.59 Å². The highest BCUT2D eigenvalue weighted by Gasteiger charge is 2.42. The largest absolute Gasteiger partial charge is 0.354 e. The second-order valence-electron chi connectivity index (χ2n) is 8.32. The van der Waals surface area contributed by atoms with Crippen LogP contribution in [0.2, 0.25) is 0 Å². The average Bonchev–Trinajstić information content (AvgIpc) is 2.86. The first-order valence-electron chi connectivity index (χ1n) is 11.2. The lowest BCUT2D eigenvalue weighted by molar-refractivity contribution is -0.132. The highest BCUT2D eigenvalue weighted by Crippen LogP contribution is 2.23. The quantitative estimate of drug-likeness (QED) is 0.564. The van der Waals surface area contributed by atoms with Crippen molar-refractivity contribution in [3.8, 4) is 0 Å². The molecule has 3 N–H and O–H groups in total. The number of amides is 4. The van der Waals surface area contributed by atoms with Crippen LogP contribution in [0.1, 0.15) is 12.8 Å². The number of carbonyl (C=O) groups excluding carboxylic acids is 3. The summed E-state index contributed by atoms with van der Waals surface area (Å²) < 4.78 is 41.1. The van der Waals surface area contributed by atoms with E-state index in [1.165, 1.54) is 4.90 Å². The Morgan fingerprint density at radius 1 is 1.03 bits per heavy atom. The summed E-state index contributed by atoms with van der Waals surface area (Å²) in [6.07, 6.45) is 1.10. The zero-order valence-corrected chi connectivity index (χ0v) is 19.6. The number of hydrogen-bond donors (Lipinski definition) is 3. The molecule has 0 bridgehead atoms. The second-order valence-corrected chi connectivity index (χ2v) is 10.2. The number of para-hydroxylation sites is 1. The normalized spacial score (nSPS) is 21.2. The zero-order valence-electron chi connectivity index (χ0n) is 18.8. The Balaban J connectivity index is 1.57. The van der Waals surface area contributed by atoms with E-state index in [0.29, 0.717) is 25.1 Å². The summed E-state index contributed by atoms with van der Waals surface area (Å²) in [7, 11) is -4.19. The highest BCUT2D eigenvalue weighted by atomic mass is 32.2. The lowest BCUT2D eigenvalue weighted by atomic mass is 10.1. The minimum Gasteiger partial charge on any atom is -0.354 e. The fourth-order valence-corrected chi connectivity index (χ4v) is 5.67. The van der Waals surface area contributed by atoms with Gasteiger partial charge in [0.15, 0.2) is 0 Å². The predicted molar refractivity (Wildman–Crippen MR) is 125 cm³/mol. The average molecular weight is 504 g/mol. The molecule has 2 aliphatic rings. The Morgan fingerprint density at radius 3 is 2.43 bits per heavy atom. The van der Waals surface area contributed by atoms with Crippen LogP contribution >= 0.6 is 0 Å². The molecular formula is C23H26FN5O5S. The van der Waals surface area contributed by atoms with Gasteiger partial charge in [-0.15, -0.1) is 0 Å². The van der Waals surface area contributed by atoms with E-state index >= 15 is 0 Å². The molecule has 12 heteroatoms. The standard InChI is InChI=1S/C23H26FN5O5S/c24-16-8-10-18(11-9-16)35(33,34)29-14-13-28(23(32)26-17-5-2-1-3-6-17)15-20(29)22(31)27-19-7-4-12-25-21(19)30/h1-3,5-6,8-11,19-20H,4,7,12-15H2,(H,25,30)(H,26,32)(H,27,31). The Kier molecular flexibility index (Phi) is 7.31. The van der Waals surface area contributed by atoms with Crippen molar-refractivity contribution in [1.29, 1.82) is 0 Å². The number of nitrogens with one attached hydrogen (secondary N) is 3. The smallest absolute Gasteiger partial charge is 0.321 e. The maximum atomic E-state index is 13.4. The summed E-state index contributed by atoms with van der Waals surface area (Å²) in [4.78, 5) is 39.5. The van der Waals surface area contributed by atoms with Crippen LogP contribution in [0, 0.1) is 5.82 Å². The molecule has 2 fully saturated rings. The molecule has 2 aromatic rings. The first-order chi connectivity index (χ1) is 16.8. The van der Waals surface area contributed by atoms with Crippen molar-refractivity contribution in [1.82, 2.24) is 19.8 Å². The number of piperazine rings is 1. The van der Waals surface area contributed by atoms with Gasteiger partial charge in [-0.25, -0.2) is 17.6 Å². The molecule has 2 saturated heterocycles. The van der Waals surface area contributed by atoms with E-state index in [1.807, 2.05) is 0 Å². The molecule has 2 atom stereocenters. The van der Waals surface area contributed by atoms with Crippen molar-refractivity contribution in [2.75, 3.05) is 31.5 Å². The maximum absolute atomic E-state index is 13.4. The topological polar surface area (TPSA) is 128 Å². The molecule has 2 aliphatic heterocycles. The minimum absolute atomic E-state index is 0.0345. The number of sulfonamides is 1. The number of benzene rings is 2. The molecule has 4 rings (SSSR count). The van der Waals surface area contributed by atoms with Crippen molar-refractivity contribution < 1.29 is 27.2 Å². The number of urea groups is 1. The zero-order chi connectivity index (χ0) is 25.0. The van der Waals surface area contributed by atoms with Crippen molar-refractivity contribution in [3.05, 3.63) is 60.4 Å². The molecule has 0 aromatic heterocycles. The number of halogens is 1. The SMILES string of the molecule is O=C1NCCCC1NC(=O)C1CN(C(=O)Nc2ccccc2)CCN1S(=O)(=O)c1ccc(F)cc1. The summed E-state index contributed by atoms with van der Waals surface area (Å²) in [6, 6.07) is 10.5. The summed E-state index contributed by atoms with van der Waals surface area (Å²) in [5, 5.41) is 8.04. The summed E-state index contributed by atoms with van der Waals surface area (Å²) in [5.74, 6) is -1.62. The van der Waals surface area contributed by atoms with Gasteiger partial charge >= 0.3 is 6.03 Å². The van der Waals surface area contributed by atoms with Gasteiger partial charge < -0.3 is 20.9 Å². The molecule has 0 aliphatic carbocycles. The third kappa shape index (κ3) is 5.60. The molecule has 4 amide bonds. The third-order valence-corrected chi connectivity index (χ3v) is 7.89. The molecule has 2 aromatic carbocycles. The first-order valence-corrected chi connectivity index (χ1v) is 12.7. The van der Waals surface area contributed by atoms with Gasteiger partial charge in [0.1, 0.15) is 17.9 Å². The molecule has 0 saturated carbocycles. The number of nitrogens with zero attached hydrogens (tertiary/aromatic N) is 2. The van der Waals surface area contributed by atoms with E-state index in [2.05, 4.69) is 16.0 Å². The molecule has 2 unspecified atom stereocenters. The third-order valence-electron chi connectivity index (χ3n) is 5.97. The Hall–Kier alpha value is -3.51. The van der Waals surface area contributed by atoms with E-state index < -0.39 is 39.9 Å². The maximum Gasteiger partial charge on any atom is 0.321 e. The van der Waals surface area contributed by atoms with Crippen molar-refractivity contribution in [2.24, 2.45) is 0 Å². The van der Waals surface area contributed by atoms with Gasteiger partial charge in [-0.05, 0) is 49.2 Å². The van der Waals surface area contributed by atoms with Crippen molar-refractivity contribution in [3.63, 3.8) is 0 Å². The lowest BCUT2D eigenvalue weighted by Gasteiger charge is -2.40. The Labute approximate surface area is 202 Å². The van der Waals surface area contributed by atoms with Gasteiger partial charge in [0.05, 0.1) is 4.90 Å². The first kappa shape index (κ1) is 24.6. The lowest BCUT2D eigenvalue weighted by Crippen LogP contribution is -2.63. The summed E-state index contributed by atoms with van der Waals surface area (Å²) in [6.45, 7) is 0.163. The number of carbonyl (C=O) groups is 3. The molecule has 10 nitrogen and oxygen atoms in total. The second kappa shape index (κ2) is 10.4. The fraction of sp³-hybridized carbons (Fsp3) is 0.348. The van der Waals surface area contributed by atoms with Crippen LogP contribution in [0.4, 0.5) is 14.9 Å². The molecule has 0 radical (unpaired) electrons. The Bertz CT molecular complexity index is 1190.